The molecule has 0 N–H and O–H groups in total. The maximum Gasteiger partial charge on any atom is 0.221 e. The van der Waals surface area contributed by atoms with Gasteiger partial charge in [0.1, 0.15) is 0 Å². The van der Waals surface area contributed by atoms with E-state index in [0.717, 1.165) is 37.6 Å². The molecular weight excluding hydrogens is 284 g/mol. The highest BCUT2D eigenvalue weighted by Crippen LogP contribution is 2.17. The number of hydrogen-bond donors (Lipinski definition) is 0. The highest BCUT2D eigenvalue weighted by molar-refractivity contribution is 5.69. The van der Waals surface area contributed by atoms with Crippen LogP contribution in [0.25, 0.3) is 22.6 Å². The Balaban J connectivity index is 1.67. The Morgan fingerprint density at radius 2 is 2.09 bits per heavy atom. The Labute approximate surface area is 126 Å². The van der Waals surface area contributed by atoms with Crippen molar-refractivity contribution in [1.82, 2.24) is 39.6 Å². The number of fused-ring (bicyclic) bond motifs is 1. The monoisotopic (exact) mass is 300 g/mol. The summed E-state index contributed by atoms with van der Waals surface area (Å²) in [5.74, 6) is 0. The van der Waals surface area contributed by atoms with E-state index in [0.29, 0.717) is 18.0 Å². The SMILES string of the molecule is Cn1cc(-c2cnc3nnn(CN4CCOCC4)c3n2)cn1. The van der Waals surface area contributed by atoms with Crippen LogP contribution in [0.4, 0.5) is 0 Å². The molecule has 0 aromatic carbocycles. The summed E-state index contributed by atoms with van der Waals surface area (Å²) in [4.78, 5) is 11.3. The highest BCUT2D eigenvalue weighted by Gasteiger charge is 2.15. The van der Waals surface area contributed by atoms with E-state index in [9.17, 15) is 0 Å². The van der Waals surface area contributed by atoms with Crippen LogP contribution in [-0.2, 0) is 18.5 Å². The second kappa shape index (κ2) is 5.43. The van der Waals surface area contributed by atoms with Crippen molar-refractivity contribution >= 4 is 11.3 Å². The zero-order chi connectivity index (χ0) is 14.9. The molecule has 1 aliphatic heterocycles. The molecule has 4 rings (SSSR count). The van der Waals surface area contributed by atoms with Crippen molar-refractivity contribution in [2.24, 2.45) is 7.05 Å². The fourth-order valence-electron chi connectivity index (χ4n) is 2.48. The first-order valence-corrected chi connectivity index (χ1v) is 7.15. The summed E-state index contributed by atoms with van der Waals surface area (Å²) in [6.07, 6.45) is 5.38. The predicted molar refractivity (Wildman–Crippen MR) is 77.7 cm³/mol. The number of nitrogens with zero attached hydrogens (tertiary/aromatic N) is 8. The second-order valence-corrected chi connectivity index (χ2v) is 5.27. The number of ether oxygens (including phenoxy) is 1. The van der Waals surface area contributed by atoms with Gasteiger partial charge >= 0.3 is 0 Å². The predicted octanol–water partition coefficient (Wildman–Crippen LogP) is -0.0885. The molecular formula is C13H16N8O. The minimum Gasteiger partial charge on any atom is -0.379 e. The van der Waals surface area contributed by atoms with Crippen LogP contribution in [0.15, 0.2) is 18.6 Å². The third-order valence-electron chi connectivity index (χ3n) is 3.67. The fraction of sp³-hybridized carbons (Fsp3) is 0.462. The summed E-state index contributed by atoms with van der Waals surface area (Å²) in [5, 5.41) is 12.4. The topological polar surface area (TPSA) is 86.8 Å². The maximum atomic E-state index is 5.36. The van der Waals surface area contributed by atoms with Gasteiger partial charge in [-0.05, 0) is 0 Å². The molecule has 0 spiro atoms. The quantitative estimate of drug-likeness (QED) is 0.668. The van der Waals surface area contributed by atoms with Gasteiger partial charge < -0.3 is 4.74 Å². The zero-order valence-electron chi connectivity index (χ0n) is 12.3. The van der Waals surface area contributed by atoms with Crippen LogP contribution in [0.1, 0.15) is 0 Å². The van der Waals surface area contributed by atoms with Crippen molar-refractivity contribution in [3.05, 3.63) is 18.6 Å². The molecule has 22 heavy (non-hydrogen) atoms. The van der Waals surface area contributed by atoms with Gasteiger partial charge in [-0.25, -0.2) is 14.6 Å². The Morgan fingerprint density at radius 1 is 1.23 bits per heavy atom. The van der Waals surface area contributed by atoms with Crippen LogP contribution in [0.2, 0.25) is 0 Å². The lowest BCUT2D eigenvalue weighted by Gasteiger charge is -2.25. The summed E-state index contributed by atoms with van der Waals surface area (Å²) in [7, 11) is 1.87. The summed E-state index contributed by atoms with van der Waals surface area (Å²) in [6, 6.07) is 0. The molecule has 0 amide bonds. The highest BCUT2D eigenvalue weighted by atomic mass is 16.5. The van der Waals surface area contributed by atoms with Gasteiger partial charge in [0.25, 0.3) is 0 Å². The number of hydrogen-bond acceptors (Lipinski definition) is 7. The first-order chi connectivity index (χ1) is 10.8. The van der Waals surface area contributed by atoms with Crippen molar-refractivity contribution in [1.29, 1.82) is 0 Å². The molecule has 1 fully saturated rings. The average Bonchev–Trinajstić information content (AvgIpc) is 3.15. The van der Waals surface area contributed by atoms with Gasteiger partial charge in [0, 0.05) is 31.9 Å². The van der Waals surface area contributed by atoms with E-state index in [1.807, 2.05) is 13.2 Å². The van der Waals surface area contributed by atoms with Gasteiger partial charge in [0.05, 0.1) is 38.0 Å². The van der Waals surface area contributed by atoms with Crippen LogP contribution >= 0.6 is 0 Å². The normalized spacial score (nSPS) is 16.4. The maximum absolute atomic E-state index is 5.36. The molecule has 0 radical (unpaired) electrons. The standard InChI is InChI=1S/C13H16N8O/c1-19-8-10(6-15-19)11-7-14-12-13(16-11)21(18-17-12)9-20-2-4-22-5-3-20/h6-8H,2-5,9H2,1H3. The molecule has 9 heteroatoms. The van der Waals surface area contributed by atoms with Crippen LogP contribution in [-0.4, -0.2) is 65.9 Å². The van der Waals surface area contributed by atoms with E-state index in [-0.39, 0.29) is 0 Å². The Kier molecular flexibility index (Phi) is 3.28. The van der Waals surface area contributed by atoms with Crippen molar-refractivity contribution in [2.45, 2.75) is 6.67 Å². The second-order valence-electron chi connectivity index (χ2n) is 5.27. The molecule has 4 heterocycles. The van der Waals surface area contributed by atoms with E-state index in [1.54, 1.807) is 21.8 Å². The van der Waals surface area contributed by atoms with Crippen molar-refractivity contribution < 1.29 is 4.74 Å². The summed E-state index contributed by atoms with van der Waals surface area (Å²) >= 11 is 0. The van der Waals surface area contributed by atoms with Gasteiger partial charge in [-0.3, -0.25) is 9.58 Å². The van der Waals surface area contributed by atoms with Crippen LogP contribution in [0, 0.1) is 0 Å². The smallest absolute Gasteiger partial charge is 0.221 e. The van der Waals surface area contributed by atoms with E-state index in [1.165, 1.54) is 0 Å². The molecule has 114 valence electrons. The lowest BCUT2D eigenvalue weighted by Crippen LogP contribution is -2.37. The first-order valence-electron chi connectivity index (χ1n) is 7.15. The minimum absolute atomic E-state index is 0.556. The van der Waals surface area contributed by atoms with Crippen molar-refractivity contribution in [3.63, 3.8) is 0 Å². The molecule has 0 bridgehead atoms. The average molecular weight is 300 g/mol. The molecule has 0 atom stereocenters. The number of aryl methyl sites for hydroxylation is 1. The van der Waals surface area contributed by atoms with Crippen LogP contribution < -0.4 is 0 Å². The van der Waals surface area contributed by atoms with E-state index in [2.05, 4.69) is 30.3 Å². The van der Waals surface area contributed by atoms with Gasteiger partial charge in [0.15, 0.2) is 5.65 Å². The molecule has 3 aromatic heterocycles. The fourth-order valence-corrected chi connectivity index (χ4v) is 2.48. The Bertz CT molecular complexity index is 788. The number of aromatic nitrogens is 7. The van der Waals surface area contributed by atoms with Crippen LogP contribution in [0.5, 0.6) is 0 Å². The largest absolute Gasteiger partial charge is 0.379 e. The Morgan fingerprint density at radius 3 is 2.86 bits per heavy atom. The molecule has 3 aromatic rings. The van der Waals surface area contributed by atoms with E-state index in [4.69, 9.17) is 4.74 Å². The molecule has 0 aliphatic carbocycles. The van der Waals surface area contributed by atoms with E-state index >= 15 is 0 Å². The lowest BCUT2D eigenvalue weighted by molar-refractivity contribution is 0.0217. The van der Waals surface area contributed by atoms with Crippen molar-refractivity contribution in [3.8, 4) is 11.3 Å². The summed E-state index contributed by atoms with van der Waals surface area (Å²) in [5.41, 5.74) is 2.94. The molecule has 1 saturated heterocycles. The number of rotatable bonds is 3. The molecule has 9 nitrogen and oxygen atoms in total. The van der Waals surface area contributed by atoms with Gasteiger partial charge in [-0.15, -0.1) is 5.10 Å². The van der Waals surface area contributed by atoms with Crippen LogP contribution in [0.3, 0.4) is 0 Å². The van der Waals surface area contributed by atoms with E-state index < -0.39 is 0 Å². The van der Waals surface area contributed by atoms with Crippen molar-refractivity contribution in [2.75, 3.05) is 26.3 Å². The first kappa shape index (κ1) is 13.3. The minimum atomic E-state index is 0.556. The third kappa shape index (κ3) is 2.44. The summed E-state index contributed by atoms with van der Waals surface area (Å²) < 4.78 is 8.89. The van der Waals surface area contributed by atoms with Gasteiger partial charge in [-0.1, -0.05) is 5.21 Å². The molecule has 0 saturated carbocycles. The lowest BCUT2D eigenvalue weighted by atomic mass is 10.3. The Hall–Kier alpha value is -2.39. The number of morpholine rings is 1. The van der Waals surface area contributed by atoms with Gasteiger partial charge in [0.2, 0.25) is 5.65 Å². The molecule has 1 aliphatic rings. The molecule has 0 unspecified atom stereocenters. The summed E-state index contributed by atoms with van der Waals surface area (Å²) in [6.45, 7) is 3.91. The third-order valence-corrected chi connectivity index (χ3v) is 3.67. The zero-order valence-corrected chi connectivity index (χ0v) is 12.3. The van der Waals surface area contributed by atoms with Gasteiger partial charge in [-0.2, -0.15) is 5.10 Å².